The van der Waals surface area contributed by atoms with Crippen LogP contribution in [0.15, 0.2) is 35.7 Å². The van der Waals surface area contributed by atoms with E-state index in [2.05, 4.69) is 36.3 Å². The normalized spacial score (nSPS) is 15.8. The maximum Gasteiger partial charge on any atom is 0.331 e. The fourth-order valence-corrected chi connectivity index (χ4v) is 4.41. The number of hydrogen-bond acceptors (Lipinski definition) is 5. The van der Waals surface area contributed by atoms with Crippen LogP contribution in [0.4, 0.5) is 0 Å². The lowest BCUT2D eigenvalue weighted by Gasteiger charge is -2.35. The van der Waals surface area contributed by atoms with E-state index in [-0.39, 0.29) is 17.6 Å². The number of nitrogens with one attached hydrogen (secondary N) is 1. The minimum Gasteiger partial charge on any atom is -0.467 e. The molecule has 0 atom stereocenters. The highest BCUT2D eigenvalue weighted by atomic mass is 32.2. The molecule has 2 aromatic rings. The standard InChI is InChI=1S/C21H27N3O3S/c1-15-7-8-17(13-16(15)2)24-12-11-22-20(24)28-14-18(25)23-21(19(26)27-3)9-5-4-6-10-21/h7-8,11-13H,4-6,9-10,14H2,1-3H3,(H,23,25). The molecule has 150 valence electrons. The van der Waals surface area contributed by atoms with Crippen LogP contribution in [0, 0.1) is 13.8 Å². The summed E-state index contributed by atoms with van der Waals surface area (Å²) >= 11 is 1.36. The molecule has 0 bridgehead atoms. The van der Waals surface area contributed by atoms with Crippen molar-refractivity contribution < 1.29 is 14.3 Å². The topological polar surface area (TPSA) is 73.2 Å². The first kappa shape index (κ1) is 20.5. The number of amides is 1. The summed E-state index contributed by atoms with van der Waals surface area (Å²) < 4.78 is 6.94. The van der Waals surface area contributed by atoms with Crippen molar-refractivity contribution in [1.29, 1.82) is 0 Å². The maximum absolute atomic E-state index is 12.6. The number of nitrogens with zero attached hydrogens (tertiary/aromatic N) is 2. The number of thioether (sulfide) groups is 1. The zero-order valence-electron chi connectivity index (χ0n) is 16.7. The molecule has 28 heavy (non-hydrogen) atoms. The van der Waals surface area contributed by atoms with Crippen LogP contribution in [0.5, 0.6) is 0 Å². The number of benzene rings is 1. The van der Waals surface area contributed by atoms with E-state index in [0.717, 1.165) is 30.1 Å². The molecule has 7 heteroatoms. The van der Waals surface area contributed by atoms with Crippen LogP contribution < -0.4 is 5.32 Å². The van der Waals surface area contributed by atoms with Crippen LogP contribution in [0.3, 0.4) is 0 Å². The van der Waals surface area contributed by atoms with Gasteiger partial charge in [0.25, 0.3) is 0 Å². The molecule has 3 rings (SSSR count). The SMILES string of the molecule is COC(=O)C1(NC(=O)CSc2nccn2-c2ccc(C)c(C)c2)CCCCC1. The highest BCUT2D eigenvalue weighted by Crippen LogP contribution is 2.30. The van der Waals surface area contributed by atoms with Gasteiger partial charge in [-0.15, -0.1) is 0 Å². The van der Waals surface area contributed by atoms with Gasteiger partial charge in [0.05, 0.1) is 12.9 Å². The molecule has 6 nitrogen and oxygen atoms in total. The molecule has 0 unspecified atom stereocenters. The monoisotopic (exact) mass is 401 g/mol. The van der Waals surface area contributed by atoms with E-state index in [1.165, 1.54) is 30.0 Å². The van der Waals surface area contributed by atoms with Gasteiger partial charge in [-0.1, -0.05) is 37.1 Å². The summed E-state index contributed by atoms with van der Waals surface area (Å²) in [5.74, 6) is -0.324. The van der Waals surface area contributed by atoms with Gasteiger partial charge in [0, 0.05) is 18.1 Å². The molecule has 1 fully saturated rings. The average Bonchev–Trinajstić information content (AvgIpc) is 3.17. The molecule has 1 amide bonds. The van der Waals surface area contributed by atoms with Crippen molar-refractivity contribution in [1.82, 2.24) is 14.9 Å². The van der Waals surface area contributed by atoms with Crippen molar-refractivity contribution in [2.75, 3.05) is 12.9 Å². The minimum absolute atomic E-state index is 0.174. The van der Waals surface area contributed by atoms with Gasteiger partial charge in [0.2, 0.25) is 5.91 Å². The van der Waals surface area contributed by atoms with E-state index in [4.69, 9.17) is 4.74 Å². The number of carbonyl (C=O) groups excluding carboxylic acids is 2. The fraction of sp³-hybridized carbons (Fsp3) is 0.476. The Morgan fingerprint density at radius 1 is 1.21 bits per heavy atom. The molecule has 0 spiro atoms. The number of rotatable bonds is 6. The summed E-state index contributed by atoms with van der Waals surface area (Å²) in [6, 6.07) is 6.23. The largest absolute Gasteiger partial charge is 0.467 e. The quantitative estimate of drug-likeness (QED) is 0.592. The third-order valence-electron chi connectivity index (χ3n) is 5.37. The third kappa shape index (κ3) is 4.41. The van der Waals surface area contributed by atoms with Gasteiger partial charge < -0.3 is 10.1 Å². The molecule has 1 aromatic heterocycles. The summed E-state index contributed by atoms with van der Waals surface area (Å²) in [6.45, 7) is 4.15. The van der Waals surface area contributed by atoms with Gasteiger partial charge in [-0.2, -0.15) is 0 Å². The lowest BCUT2D eigenvalue weighted by Crippen LogP contribution is -2.56. The summed E-state index contributed by atoms with van der Waals surface area (Å²) in [4.78, 5) is 29.3. The molecule has 0 saturated heterocycles. The molecule has 1 aliphatic rings. The Labute approximate surface area is 170 Å². The Morgan fingerprint density at radius 2 is 1.96 bits per heavy atom. The van der Waals surface area contributed by atoms with Crippen molar-refractivity contribution in [2.45, 2.75) is 56.6 Å². The number of carbonyl (C=O) groups is 2. The smallest absolute Gasteiger partial charge is 0.331 e. The predicted molar refractivity (Wildman–Crippen MR) is 110 cm³/mol. The lowest BCUT2D eigenvalue weighted by atomic mass is 9.81. The van der Waals surface area contributed by atoms with E-state index < -0.39 is 5.54 Å². The number of methoxy groups -OCH3 is 1. The Bertz CT molecular complexity index is 856. The van der Waals surface area contributed by atoms with Gasteiger partial charge in [-0.3, -0.25) is 9.36 Å². The summed E-state index contributed by atoms with van der Waals surface area (Å²) in [7, 11) is 1.37. The van der Waals surface area contributed by atoms with Crippen LogP contribution in [-0.4, -0.2) is 39.8 Å². The zero-order chi connectivity index (χ0) is 20.1. The second kappa shape index (κ2) is 8.82. The molecule has 0 radical (unpaired) electrons. The Kier molecular flexibility index (Phi) is 6.44. The first-order chi connectivity index (χ1) is 13.4. The zero-order valence-corrected chi connectivity index (χ0v) is 17.5. The van der Waals surface area contributed by atoms with Gasteiger partial charge in [-0.25, -0.2) is 9.78 Å². The van der Waals surface area contributed by atoms with Crippen LogP contribution in [0.2, 0.25) is 0 Å². The molecular formula is C21H27N3O3S. The van der Waals surface area contributed by atoms with Gasteiger partial charge in [0.1, 0.15) is 5.54 Å². The van der Waals surface area contributed by atoms with E-state index in [0.29, 0.717) is 12.8 Å². The van der Waals surface area contributed by atoms with Crippen LogP contribution in [0.25, 0.3) is 5.69 Å². The molecule has 0 aliphatic heterocycles. The molecular weight excluding hydrogens is 374 g/mol. The van der Waals surface area contributed by atoms with Crippen LogP contribution in [0.1, 0.15) is 43.2 Å². The Balaban J connectivity index is 1.67. The number of imidazole rings is 1. The Hall–Kier alpha value is -2.28. The third-order valence-corrected chi connectivity index (χ3v) is 6.34. The summed E-state index contributed by atoms with van der Waals surface area (Å²) in [5.41, 5.74) is 2.57. The predicted octanol–water partition coefficient (Wildman–Crippen LogP) is 3.57. The van der Waals surface area contributed by atoms with Crippen molar-refractivity contribution in [3.8, 4) is 5.69 Å². The van der Waals surface area contributed by atoms with Crippen LogP contribution >= 0.6 is 11.8 Å². The highest BCUT2D eigenvalue weighted by molar-refractivity contribution is 7.99. The summed E-state index contributed by atoms with van der Waals surface area (Å²) in [6.07, 6.45) is 7.80. The lowest BCUT2D eigenvalue weighted by molar-refractivity contribution is -0.152. The van der Waals surface area contributed by atoms with E-state index >= 15 is 0 Å². The molecule has 1 aliphatic carbocycles. The first-order valence-corrected chi connectivity index (χ1v) is 10.6. The van der Waals surface area contributed by atoms with Gasteiger partial charge in [-0.05, 0) is 49.9 Å². The molecule has 1 aromatic carbocycles. The van der Waals surface area contributed by atoms with E-state index in [1.54, 1.807) is 6.20 Å². The number of aryl methyl sites for hydroxylation is 2. The maximum atomic E-state index is 12.6. The number of esters is 1. The van der Waals surface area contributed by atoms with Gasteiger partial charge in [0.15, 0.2) is 5.16 Å². The van der Waals surface area contributed by atoms with Crippen molar-refractivity contribution in [3.05, 3.63) is 41.7 Å². The molecule has 1 N–H and O–H groups in total. The van der Waals surface area contributed by atoms with Crippen LogP contribution in [-0.2, 0) is 14.3 Å². The second-order valence-corrected chi connectivity index (χ2v) is 8.26. The van der Waals surface area contributed by atoms with E-state index in [1.807, 2.05) is 16.8 Å². The average molecular weight is 402 g/mol. The Morgan fingerprint density at radius 3 is 2.64 bits per heavy atom. The number of aromatic nitrogens is 2. The van der Waals surface area contributed by atoms with Crippen molar-refractivity contribution >= 4 is 23.6 Å². The summed E-state index contributed by atoms with van der Waals surface area (Å²) in [5, 5.41) is 3.69. The van der Waals surface area contributed by atoms with E-state index in [9.17, 15) is 9.59 Å². The first-order valence-electron chi connectivity index (χ1n) is 9.58. The number of ether oxygens (including phenoxy) is 1. The highest BCUT2D eigenvalue weighted by Gasteiger charge is 2.41. The van der Waals surface area contributed by atoms with Gasteiger partial charge >= 0.3 is 5.97 Å². The molecule has 1 heterocycles. The van der Waals surface area contributed by atoms with Crippen molar-refractivity contribution in [3.63, 3.8) is 0 Å². The second-order valence-electron chi connectivity index (χ2n) is 7.32. The molecule has 1 saturated carbocycles. The minimum atomic E-state index is -0.881. The van der Waals surface area contributed by atoms with Crippen molar-refractivity contribution in [2.24, 2.45) is 0 Å². The number of hydrogen-bond donors (Lipinski definition) is 1. The fourth-order valence-electron chi connectivity index (χ4n) is 3.63.